The van der Waals surface area contributed by atoms with Crippen LogP contribution < -0.4 is 11.3 Å². The van der Waals surface area contributed by atoms with Gasteiger partial charge in [0.1, 0.15) is 0 Å². The van der Waals surface area contributed by atoms with Crippen molar-refractivity contribution in [2.45, 2.75) is 51.5 Å². The Hall–Kier alpha value is -0.870. The summed E-state index contributed by atoms with van der Waals surface area (Å²) in [6.45, 7) is 2.16. The average Bonchev–Trinajstić information content (AvgIpc) is 3.10. The van der Waals surface area contributed by atoms with Crippen LogP contribution in [-0.2, 0) is 13.5 Å². The molecule has 1 aromatic heterocycles. The minimum atomic E-state index is 0.271. The summed E-state index contributed by atoms with van der Waals surface area (Å²) in [5, 5.41) is 4.54. The van der Waals surface area contributed by atoms with E-state index in [1.807, 2.05) is 11.7 Å². The second-order valence-electron chi connectivity index (χ2n) is 6.45. The monoisotopic (exact) mass is 262 g/mol. The molecule has 106 valence electrons. The maximum absolute atomic E-state index is 5.83. The molecule has 0 saturated heterocycles. The van der Waals surface area contributed by atoms with Crippen LogP contribution in [0, 0.1) is 17.8 Å². The van der Waals surface area contributed by atoms with Crippen LogP contribution in [0.2, 0.25) is 0 Å². The van der Waals surface area contributed by atoms with Gasteiger partial charge in [0.25, 0.3) is 0 Å². The lowest BCUT2D eigenvalue weighted by atomic mass is 9.83. The molecule has 2 fully saturated rings. The molecule has 4 heteroatoms. The quantitative estimate of drug-likeness (QED) is 0.632. The summed E-state index contributed by atoms with van der Waals surface area (Å²) < 4.78 is 1.92. The van der Waals surface area contributed by atoms with Gasteiger partial charge in [0.05, 0.1) is 5.69 Å². The van der Waals surface area contributed by atoms with Gasteiger partial charge in [0.15, 0.2) is 0 Å². The minimum Gasteiger partial charge on any atom is -0.275 e. The van der Waals surface area contributed by atoms with Gasteiger partial charge in [-0.2, -0.15) is 5.10 Å². The van der Waals surface area contributed by atoms with Crippen LogP contribution in [0.1, 0.15) is 56.3 Å². The molecule has 3 N–H and O–H groups in total. The number of nitrogens with zero attached hydrogens (tertiary/aromatic N) is 2. The van der Waals surface area contributed by atoms with E-state index in [1.165, 1.54) is 43.4 Å². The highest BCUT2D eigenvalue weighted by Crippen LogP contribution is 2.50. The summed E-state index contributed by atoms with van der Waals surface area (Å²) in [7, 11) is 1.99. The zero-order valence-electron chi connectivity index (χ0n) is 12.1. The number of aromatic nitrogens is 2. The van der Waals surface area contributed by atoms with E-state index in [0.29, 0.717) is 0 Å². The molecule has 4 atom stereocenters. The van der Waals surface area contributed by atoms with E-state index in [0.717, 1.165) is 24.2 Å². The fourth-order valence-electron chi connectivity index (χ4n) is 4.37. The number of hydrogen-bond acceptors (Lipinski definition) is 3. The van der Waals surface area contributed by atoms with E-state index < -0.39 is 0 Å². The Balaban J connectivity index is 1.73. The Bertz CT molecular complexity index is 439. The molecule has 2 aliphatic rings. The van der Waals surface area contributed by atoms with Crippen LogP contribution in [0.4, 0.5) is 0 Å². The van der Waals surface area contributed by atoms with Crippen molar-refractivity contribution in [1.82, 2.24) is 15.2 Å². The third-order valence-electron chi connectivity index (χ3n) is 5.27. The molecule has 0 aliphatic heterocycles. The summed E-state index contributed by atoms with van der Waals surface area (Å²) in [4.78, 5) is 0. The molecule has 4 nitrogen and oxygen atoms in total. The van der Waals surface area contributed by atoms with E-state index in [-0.39, 0.29) is 6.04 Å². The lowest BCUT2D eigenvalue weighted by molar-refractivity contribution is 0.279. The van der Waals surface area contributed by atoms with Gasteiger partial charge in [-0.15, -0.1) is 0 Å². The third kappa shape index (κ3) is 2.43. The second kappa shape index (κ2) is 5.25. The van der Waals surface area contributed by atoms with Gasteiger partial charge in [-0.3, -0.25) is 16.0 Å². The standard InChI is InChI=1S/C15H26N4/c1-3-14-13(9-19(2)18-14)15(17-16)8-12-7-10-4-5-11(12)6-10/h9-12,15,17H,3-8,16H2,1-2H3. The number of fused-ring (bicyclic) bond motifs is 2. The largest absolute Gasteiger partial charge is 0.275 e. The van der Waals surface area contributed by atoms with Crippen molar-refractivity contribution in [1.29, 1.82) is 0 Å². The van der Waals surface area contributed by atoms with Crippen molar-refractivity contribution >= 4 is 0 Å². The fourth-order valence-corrected chi connectivity index (χ4v) is 4.37. The van der Waals surface area contributed by atoms with Gasteiger partial charge < -0.3 is 0 Å². The highest BCUT2D eigenvalue weighted by Gasteiger charge is 2.40. The molecule has 4 unspecified atom stereocenters. The zero-order valence-corrected chi connectivity index (χ0v) is 12.1. The first-order chi connectivity index (χ1) is 9.21. The van der Waals surface area contributed by atoms with Crippen molar-refractivity contribution in [3.63, 3.8) is 0 Å². The van der Waals surface area contributed by atoms with Crippen molar-refractivity contribution < 1.29 is 0 Å². The molecular weight excluding hydrogens is 236 g/mol. The molecule has 19 heavy (non-hydrogen) atoms. The lowest BCUT2D eigenvalue weighted by Crippen LogP contribution is -2.31. The Morgan fingerprint density at radius 1 is 1.47 bits per heavy atom. The smallest absolute Gasteiger partial charge is 0.0670 e. The predicted octanol–water partition coefficient (Wildman–Crippen LogP) is 2.31. The summed E-state index contributed by atoms with van der Waals surface area (Å²) in [5.74, 6) is 8.66. The Kier molecular flexibility index (Phi) is 3.63. The Labute approximate surface area is 115 Å². The molecule has 0 aromatic carbocycles. The zero-order chi connectivity index (χ0) is 13.4. The van der Waals surface area contributed by atoms with E-state index in [4.69, 9.17) is 5.84 Å². The number of nitrogens with two attached hydrogens (primary N) is 1. The highest BCUT2D eigenvalue weighted by atomic mass is 15.3. The van der Waals surface area contributed by atoms with Crippen LogP contribution in [0.25, 0.3) is 0 Å². The normalized spacial score (nSPS) is 31.0. The topological polar surface area (TPSA) is 55.9 Å². The van der Waals surface area contributed by atoms with Crippen molar-refractivity contribution in [2.75, 3.05) is 0 Å². The van der Waals surface area contributed by atoms with Gasteiger partial charge >= 0.3 is 0 Å². The first-order valence-corrected chi connectivity index (χ1v) is 7.69. The molecule has 1 heterocycles. The van der Waals surface area contributed by atoms with Crippen LogP contribution in [-0.4, -0.2) is 9.78 Å². The van der Waals surface area contributed by atoms with Gasteiger partial charge in [-0.25, -0.2) is 0 Å². The summed E-state index contributed by atoms with van der Waals surface area (Å²) in [6.07, 6.45) is 10.1. The minimum absolute atomic E-state index is 0.271. The number of hydrogen-bond donors (Lipinski definition) is 2. The first-order valence-electron chi connectivity index (χ1n) is 7.69. The highest BCUT2D eigenvalue weighted by molar-refractivity contribution is 5.21. The molecule has 0 radical (unpaired) electrons. The molecule has 2 bridgehead atoms. The van der Waals surface area contributed by atoms with Gasteiger partial charge in [0, 0.05) is 24.8 Å². The second-order valence-corrected chi connectivity index (χ2v) is 6.45. The summed E-state index contributed by atoms with van der Waals surface area (Å²) in [5.41, 5.74) is 5.53. The fraction of sp³-hybridized carbons (Fsp3) is 0.800. The SMILES string of the molecule is CCc1nn(C)cc1C(CC1CC2CCC1C2)NN. The molecule has 0 amide bonds. The van der Waals surface area contributed by atoms with E-state index in [9.17, 15) is 0 Å². The lowest BCUT2D eigenvalue weighted by Gasteiger charge is -2.26. The van der Waals surface area contributed by atoms with Gasteiger partial charge in [-0.05, 0) is 49.9 Å². The van der Waals surface area contributed by atoms with Crippen LogP contribution >= 0.6 is 0 Å². The third-order valence-corrected chi connectivity index (χ3v) is 5.27. The summed E-state index contributed by atoms with van der Waals surface area (Å²) >= 11 is 0. The molecule has 0 spiro atoms. The molecular formula is C15H26N4. The van der Waals surface area contributed by atoms with Crippen molar-refractivity contribution in [3.8, 4) is 0 Å². The van der Waals surface area contributed by atoms with Crippen molar-refractivity contribution in [3.05, 3.63) is 17.5 Å². The van der Waals surface area contributed by atoms with E-state index in [2.05, 4.69) is 23.6 Å². The first kappa shape index (κ1) is 13.1. The Morgan fingerprint density at radius 3 is 2.89 bits per heavy atom. The molecule has 3 rings (SSSR count). The van der Waals surface area contributed by atoms with Crippen LogP contribution in [0.3, 0.4) is 0 Å². The van der Waals surface area contributed by atoms with Crippen LogP contribution in [0.15, 0.2) is 6.20 Å². The van der Waals surface area contributed by atoms with E-state index >= 15 is 0 Å². The van der Waals surface area contributed by atoms with Crippen molar-refractivity contribution in [2.24, 2.45) is 30.6 Å². The average molecular weight is 262 g/mol. The maximum Gasteiger partial charge on any atom is 0.0670 e. The molecule has 1 aromatic rings. The number of hydrazine groups is 1. The van der Waals surface area contributed by atoms with Gasteiger partial charge in [-0.1, -0.05) is 13.3 Å². The van der Waals surface area contributed by atoms with E-state index in [1.54, 1.807) is 0 Å². The molecule has 2 saturated carbocycles. The predicted molar refractivity (Wildman–Crippen MR) is 76.2 cm³/mol. The summed E-state index contributed by atoms with van der Waals surface area (Å²) in [6, 6.07) is 0.271. The van der Waals surface area contributed by atoms with Gasteiger partial charge in [0.2, 0.25) is 0 Å². The number of nitrogens with one attached hydrogen (secondary N) is 1. The molecule has 2 aliphatic carbocycles. The number of rotatable bonds is 5. The number of aryl methyl sites for hydroxylation is 2. The van der Waals surface area contributed by atoms with Crippen LogP contribution in [0.5, 0.6) is 0 Å². The Morgan fingerprint density at radius 2 is 2.32 bits per heavy atom. The maximum atomic E-state index is 5.83.